The maximum Gasteiger partial charge on any atom is 0.371 e. The SMILES string of the molecule is CN(C)Cc1oc(C(=O)O)cc(=O)c1O. The summed E-state index contributed by atoms with van der Waals surface area (Å²) in [5, 5.41) is 18.0. The zero-order valence-electron chi connectivity index (χ0n) is 8.35. The van der Waals surface area contributed by atoms with Crippen LogP contribution in [0.25, 0.3) is 0 Å². The lowest BCUT2D eigenvalue weighted by Gasteiger charge is -2.09. The topological polar surface area (TPSA) is 91.0 Å². The average Bonchev–Trinajstić information content (AvgIpc) is 2.11. The van der Waals surface area contributed by atoms with Gasteiger partial charge in [-0.1, -0.05) is 0 Å². The van der Waals surface area contributed by atoms with E-state index < -0.39 is 22.9 Å². The van der Waals surface area contributed by atoms with Crippen molar-refractivity contribution in [2.45, 2.75) is 6.54 Å². The van der Waals surface area contributed by atoms with Gasteiger partial charge in [-0.3, -0.25) is 4.79 Å². The van der Waals surface area contributed by atoms with E-state index >= 15 is 0 Å². The molecule has 0 saturated heterocycles. The Kier molecular flexibility index (Phi) is 3.11. The summed E-state index contributed by atoms with van der Waals surface area (Å²) in [6.45, 7) is 0.155. The Morgan fingerprint density at radius 3 is 2.60 bits per heavy atom. The molecule has 0 spiro atoms. The van der Waals surface area contributed by atoms with Gasteiger partial charge >= 0.3 is 5.97 Å². The van der Waals surface area contributed by atoms with Crippen molar-refractivity contribution in [3.05, 3.63) is 27.8 Å². The monoisotopic (exact) mass is 213 g/mol. The van der Waals surface area contributed by atoms with Gasteiger partial charge in [-0.05, 0) is 14.1 Å². The molecule has 0 aliphatic heterocycles. The van der Waals surface area contributed by atoms with E-state index in [4.69, 9.17) is 9.52 Å². The molecule has 1 aromatic heterocycles. The van der Waals surface area contributed by atoms with E-state index in [1.54, 1.807) is 19.0 Å². The van der Waals surface area contributed by atoms with Gasteiger partial charge in [0.05, 0.1) is 6.54 Å². The van der Waals surface area contributed by atoms with Crippen LogP contribution in [0.1, 0.15) is 16.3 Å². The van der Waals surface area contributed by atoms with Gasteiger partial charge in [0.2, 0.25) is 16.9 Å². The summed E-state index contributed by atoms with van der Waals surface area (Å²) in [5.41, 5.74) is -0.754. The fourth-order valence-electron chi connectivity index (χ4n) is 1.04. The number of carboxylic acid groups (broad SMARTS) is 1. The van der Waals surface area contributed by atoms with Gasteiger partial charge in [-0.15, -0.1) is 0 Å². The molecule has 2 N–H and O–H groups in total. The Labute approximate surface area is 85.4 Å². The minimum absolute atomic E-state index is 0.0510. The van der Waals surface area contributed by atoms with Crippen molar-refractivity contribution in [2.24, 2.45) is 0 Å². The number of aromatic carboxylic acids is 1. The van der Waals surface area contributed by atoms with Gasteiger partial charge in [0.25, 0.3) is 0 Å². The zero-order valence-corrected chi connectivity index (χ0v) is 8.35. The third-order valence-corrected chi connectivity index (χ3v) is 1.66. The van der Waals surface area contributed by atoms with Crippen molar-refractivity contribution in [3.8, 4) is 5.75 Å². The summed E-state index contributed by atoms with van der Waals surface area (Å²) in [7, 11) is 3.40. The molecule has 0 bridgehead atoms. The molecular weight excluding hydrogens is 202 g/mol. The van der Waals surface area contributed by atoms with Crippen LogP contribution in [0.5, 0.6) is 5.75 Å². The standard InChI is InChI=1S/C9H11NO5/c1-10(2)4-7-8(12)5(11)3-6(15-7)9(13)14/h3,12H,4H2,1-2H3,(H,13,14). The molecule has 0 aliphatic carbocycles. The Morgan fingerprint density at radius 1 is 1.53 bits per heavy atom. The molecule has 0 unspecified atom stereocenters. The first-order valence-corrected chi connectivity index (χ1v) is 4.16. The van der Waals surface area contributed by atoms with Crippen LogP contribution in [-0.2, 0) is 6.54 Å². The first-order chi connectivity index (χ1) is 6.91. The molecule has 15 heavy (non-hydrogen) atoms. The van der Waals surface area contributed by atoms with Crippen molar-refractivity contribution in [3.63, 3.8) is 0 Å². The molecule has 1 rings (SSSR count). The van der Waals surface area contributed by atoms with E-state index in [-0.39, 0.29) is 12.3 Å². The normalized spacial score (nSPS) is 10.6. The second kappa shape index (κ2) is 4.14. The molecule has 0 amide bonds. The molecule has 1 aromatic rings. The number of nitrogens with zero attached hydrogens (tertiary/aromatic N) is 1. The minimum Gasteiger partial charge on any atom is -0.502 e. The first kappa shape index (κ1) is 11.3. The summed E-state index contributed by atoms with van der Waals surface area (Å²) < 4.78 is 4.87. The predicted octanol–water partition coefficient (Wildman–Crippen LogP) is 0.105. The lowest BCUT2D eigenvalue weighted by atomic mass is 10.3. The zero-order chi connectivity index (χ0) is 11.6. The van der Waals surface area contributed by atoms with Gasteiger partial charge < -0.3 is 19.5 Å². The van der Waals surface area contributed by atoms with Crippen molar-refractivity contribution in [2.75, 3.05) is 14.1 Å². The highest BCUT2D eigenvalue weighted by atomic mass is 16.4. The fraction of sp³-hybridized carbons (Fsp3) is 0.333. The summed E-state index contributed by atoms with van der Waals surface area (Å²) in [4.78, 5) is 23.4. The summed E-state index contributed by atoms with van der Waals surface area (Å²) in [6, 6.07) is 0.747. The Hall–Kier alpha value is -1.82. The van der Waals surface area contributed by atoms with E-state index in [0.29, 0.717) is 0 Å². The molecule has 0 aromatic carbocycles. The molecule has 1 heterocycles. The fourth-order valence-corrected chi connectivity index (χ4v) is 1.04. The van der Waals surface area contributed by atoms with Gasteiger partial charge in [0, 0.05) is 6.07 Å². The highest BCUT2D eigenvalue weighted by Gasteiger charge is 2.15. The van der Waals surface area contributed by atoms with E-state index in [1.807, 2.05) is 0 Å². The molecule has 0 radical (unpaired) electrons. The number of carbonyl (C=O) groups is 1. The quantitative estimate of drug-likeness (QED) is 0.740. The molecule has 82 valence electrons. The highest BCUT2D eigenvalue weighted by Crippen LogP contribution is 2.14. The number of aromatic hydroxyl groups is 1. The minimum atomic E-state index is -1.34. The van der Waals surface area contributed by atoms with Crippen LogP contribution in [0.2, 0.25) is 0 Å². The lowest BCUT2D eigenvalue weighted by molar-refractivity contribution is 0.0654. The van der Waals surface area contributed by atoms with E-state index in [1.165, 1.54) is 0 Å². The molecule has 6 heteroatoms. The summed E-state index contributed by atoms with van der Waals surface area (Å²) >= 11 is 0. The molecule has 0 fully saturated rings. The number of carboxylic acids is 1. The maximum atomic E-state index is 11.2. The highest BCUT2D eigenvalue weighted by molar-refractivity contribution is 5.84. The average molecular weight is 213 g/mol. The van der Waals surface area contributed by atoms with E-state index in [0.717, 1.165) is 6.07 Å². The van der Waals surface area contributed by atoms with Crippen LogP contribution in [0.3, 0.4) is 0 Å². The maximum absolute atomic E-state index is 11.2. The molecule has 6 nitrogen and oxygen atoms in total. The second-order valence-electron chi connectivity index (χ2n) is 3.29. The first-order valence-electron chi connectivity index (χ1n) is 4.16. The largest absolute Gasteiger partial charge is 0.502 e. The van der Waals surface area contributed by atoms with Gasteiger partial charge in [-0.2, -0.15) is 0 Å². The Balaban J connectivity index is 3.25. The summed E-state index contributed by atoms with van der Waals surface area (Å²) in [5.74, 6) is -2.42. The van der Waals surface area contributed by atoms with Gasteiger partial charge in [0.1, 0.15) is 0 Å². The van der Waals surface area contributed by atoms with Crippen LogP contribution in [0.4, 0.5) is 0 Å². The van der Waals surface area contributed by atoms with Gasteiger partial charge in [0.15, 0.2) is 5.76 Å². The van der Waals surface area contributed by atoms with Crippen LogP contribution in [0.15, 0.2) is 15.3 Å². The summed E-state index contributed by atoms with van der Waals surface area (Å²) in [6.07, 6.45) is 0. The van der Waals surface area contributed by atoms with Gasteiger partial charge in [-0.25, -0.2) is 4.79 Å². The number of rotatable bonds is 3. The molecule has 0 saturated carbocycles. The van der Waals surface area contributed by atoms with E-state index in [9.17, 15) is 14.7 Å². The molecule has 0 atom stereocenters. The number of hydrogen-bond acceptors (Lipinski definition) is 5. The van der Waals surface area contributed by atoms with Crippen molar-refractivity contribution >= 4 is 5.97 Å². The van der Waals surface area contributed by atoms with Crippen molar-refractivity contribution in [1.29, 1.82) is 0 Å². The number of hydrogen-bond donors (Lipinski definition) is 2. The van der Waals surface area contributed by atoms with Crippen LogP contribution in [-0.4, -0.2) is 35.2 Å². The van der Waals surface area contributed by atoms with Crippen LogP contribution >= 0.6 is 0 Å². The second-order valence-corrected chi connectivity index (χ2v) is 3.29. The smallest absolute Gasteiger partial charge is 0.371 e. The molecule has 0 aliphatic rings. The van der Waals surface area contributed by atoms with Crippen LogP contribution in [0, 0.1) is 0 Å². The Bertz CT molecular complexity index is 435. The lowest BCUT2D eigenvalue weighted by Crippen LogP contribution is -2.15. The third kappa shape index (κ3) is 2.57. The van der Waals surface area contributed by atoms with E-state index in [2.05, 4.69) is 0 Å². The third-order valence-electron chi connectivity index (χ3n) is 1.66. The Morgan fingerprint density at radius 2 is 2.13 bits per heavy atom. The van der Waals surface area contributed by atoms with Crippen molar-refractivity contribution in [1.82, 2.24) is 4.90 Å². The predicted molar refractivity (Wildman–Crippen MR) is 51.0 cm³/mol. The molecular formula is C9H11NO5. The van der Waals surface area contributed by atoms with Crippen LogP contribution < -0.4 is 5.43 Å². The van der Waals surface area contributed by atoms with Crippen molar-refractivity contribution < 1.29 is 19.4 Å².